The van der Waals surface area contributed by atoms with Crippen LogP contribution in [0, 0.1) is 11.8 Å². The smallest absolute Gasteiger partial charge is 0.223 e. The third kappa shape index (κ3) is 2.64. The number of benzene rings is 1. The zero-order valence-corrected chi connectivity index (χ0v) is 11.1. The Morgan fingerprint density at radius 3 is 2.81 bits per heavy atom. The van der Waals surface area contributed by atoms with Crippen molar-refractivity contribution >= 4 is 21.8 Å². The van der Waals surface area contributed by atoms with Gasteiger partial charge in [-0.1, -0.05) is 35.0 Å². The number of hydrogen-bond donors (Lipinski definition) is 1. The quantitative estimate of drug-likeness (QED) is 0.905. The fourth-order valence-corrected chi connectivity index (χ4v) is 2.28. The molecule has 2 rings (SSSR count). The van der Waals surface area contributed by atoms with Crippen molar-refractivity contribution in [1.29, 1.82) is 0 Å². The van der Waals surface area contributed by atoms with Gasteiger partial charge in [0.1, 0.15) is 0 Å². The molecule has 0 aromatic heterocycles. The Balaban J connectivity index is 1.97. The number of nitrogens with one attached hydrogen (secondary N) is 1. The number of rotatable bonds is 3. The predicted octanol–water partition coefficient (Wildman–Crippen LogP) is 3.28. The number of halogens is 1. The van der Waals surface area contributed by atoms with E-state index < -0.39 is 0 Å². The molecule has 0 aliphatic heterocycles. The van der Waals surface area contributed by atoms with E-state index in [1.54, 1.807) is 0 Å². The molecule has 1 aromatic carbocycles. The maximum Gasteiger partial charge on any atom is 0.223 e. The first kappa shape index (κ1) is 11.6. The Labute approximate surface area is 105 Å². The molecule has 16 heavy (non-hydrogen) atoms. The van der Waals surface area contributed by atoms with E-state index in [0.717, 1.165) is 16.5 Å². The minimum atomic E-state index is 0.0813. The summed E-state index contributed by atoms with van der Waals surface area (Å²) in [4.78, 5) is 11.8. The molecule has 3 atom stereocenters. The number of carbonyl (C=O) groups is 1. The molecule has 2 nitrogen and oxygen atoms in total. The Hall–Kier alpha value is -0.830. The van der Waals surface area contributed by atoms with E-state index in [2.05, 4.69) is 28.2 Å². The van der Waals surface area contributed by atoms with Crippen LogP contribution in [0.5, 0.6) is 0 Å². The molecule has 3 heteroatoms. The first-order valence-electron chi connectivity index (χ1n) is 5.64. The average molecular weight is 282 g/mol. The van der Waals surface area contributed by atoms with Gasteiger partial charge in [-0.15, -0.1) is 0 Å². The molecule has 0 radical (unpaired) electrons. The Morgan fingerprint density at radius 1 is 1.56 bits per heavy atom. The molecule has 0 bridgehead atoms. The van der Waals surface area contributed by atoms with Gasteiger partial charge in [0.25, 0.3) is 0 Å². The van der Waals surface area contributed by atoms with Crippen LogP contribution in [0.25, 0.3) is 0 Å². The van der Waals surface area contributed by atoms with Crippen LogP contribution in [0.1, 0.15) is 31.9 Å². The summed E-state index contributed by atoms with van der Waals surface area (Å²) in [5, 5.41) is 3.06. The Bertz CT molecular complexity index is 405. The third-order valence-electron chi connectivity index (χ3n) is 3.15. The largest absolute Gasteiger partial charge is 0.349 e. The lowest BCUT2D eigenvalue weighted by Gasteiger charge is -2.14. The Morgan fingerprint density at radius 2 is 2.25 bits per heavy atom. The SMILES string of the molecule is CC(NC(=O)C1CC1C)c1cccc(Br)c1. The van der Waals surface area contributed by atoms with Crippen LogP contribution in [0.2, 0.25) is 0 Å². The van der Waals surface area contributed by atoms with Gasteiger partial charge in [0.15, 0.2) is 0 Å². The lowest BCUT2D eigenvalue weighted by Crippen LogP contribution is -2.28. The van der Waals surface area contributed by atoms with E-state index >= 15 is 0 Å². The molecule has 1 N–H and O–H groups in total. The molecule has 1 fully saturated rings. The summed E-state index contributed by atoms with van der Waals surface area (Å²) in [5.74, 6) is 1.00. The van der Waals surface area contributed by atoms with Crippen molar-refractivity contribution in [2.45, 2.75) is 26.3 Å². The fraction of sp³-hybridized carbons (Fsp3) is 0.462. The molecule has 1 amide bonds. The van der Waals surface area contributed by atoms with E-state index in [9.17, 15) is 4.79 Å². The molecule has 1 aliphatic carbocycles. The van der Waals surface area contributed by atoms with Crippen molar-refractivity contribution in [2.24, 2.45) is 11.8 Å². The van der Waals surface area contributed by atoms with Crippen molar-refractivity contribution in [3.05, 3.63) is 34.3 Å². The number of hydrogen-bond acceptors (Lipinski definition) is 1. The second kappa shape index (κ2) is 4.58. The van der Waals surface area contributed by atoms with Crippen LogP contribution in [0.15, 0.2) is 28.7 Å². The monoisotopic (exact) mass is 281 g/mol. The normalized spacial score (nSPS) is 24.9. The van der Waals surface area contributed by atoms with Gasteiger partial charge in [-0.25, -0.2) is 0 Å². The van der Waals surface area contributed by atoms with E-state index in [4.69, 9.17) is 0 Å². The second-order valence-electron chi connectivity index (χ2n) is 4.60. The molecular formula is C13H16BrNO. The van der Waals surface area contributed by atoms with Crippen molar-refractivity contribution in [3.8, 4) is 0 Å². The fourth-order valence-electron chi connectivity index (χ4n) is 1.87. The lowest BCUT2D eigenvalue weighted by atomic mass is 10.1. The van der Waals surface area contributed by atoms with Crippen LogP contribution in [0.3, 0.4) is 0 Å². The van der Waals surface area contributed by atoms with E-state index in [1.807, 2.05) is 31.2 Å². The molecule has 1 saturated carbocycles. The first-order chi connectivity index (χ1) is 7.58. The highest BCUT2D eigenvalue weighted by Gasteiger charge is 2.39. The summed E-state index contributed by atoms with van der Waals surface area (Å²) in [6.07, 6.45) is 1.04. The summed E-state index contributed by atoms with van der Waals surface area (Å²) < 4.78 is 1.05. The standard InChI is InChI=1S/C13H16BrNO/c1-8-6-12(8)13(16)15-9(2)10-4-3-5-11(14)7-10/h3-5,7-9,12H,6H2,1-2H3,(H,15,16). The highest BCUT2D eigenvalue weighted by molar-refractivity contribution is 9.10. The van der Waals surface area contributed by atoms with Crippen LogP contribution in [0.4, 0.5) is 0 Å². The zero-order chi connectivity index (χ0) is 11.7. The molecule has 1 aliphatic rings. The highest BCUT2D eigenvalue weighted by atomic mass is 79.9. The van der Waals surface area contributed by atoms with Crippen LogP contribution in [-0.4, -0.2) is 5.91 Å². The summed E-state index contributed by atoms with van der Waals surface area (Å²) in [6.45, 7) is 4.14. The van der Waals surface area contributed by atoms with Gasteiger partial charge in [-0.3, -0.25) is 4.79 Å². The summed E-state index contributed by atoms with van der Waals surface area (Å²) in [7, 11) is 0. The van der Waals surface area contributed by atoms with Gasteiger partial charge in [0, 0.05) is 10.4 Å². The van der Waals surface area contributed by atoms with E-state index in [0.29, 0.717) is 5.92 Å². The molecule has 0 spiro atoms. The van der Waals surface area contributed by atoms with E-state index in [1.165, 1.54) is 0 Å². The van der Waals surface area contributed by atoms with Crippen molar-refractivity contribution in [3.63, 3.8) is 0 Å². The molecule has 0 saturated heterocycles. The van der Waals surface area contributed by atoms with Crippen molar-refractivity contribution < 1.29 is 4.79 Å². The third-order valence-corrected chi connectivity index (χ3v) is 3.65. The topological polar surface area (TPSA) is 29.1 Å². The van der Waals surface area contributed by atoms with Crippen LogP contribution in [-0.2, 0) is 4.79 Å². The number of amides is 1. The van der Waals surface area contributed by atoms with Crippen LogP contribution < -0.4 is 5.32 Å². The molecular weight excluding hydrogens is 266 g/mol. The summed E-state index contributed by atoms with van der Waals surface area (Å²) in [5.41, 5.74) is 1.14. The van der Waals surface area contributed by atoms with Gasteiger partial charge in [-0.2, -0.15) is 0 Å². The predicted molar refractivity (Wildman–Crippen MR) is 68.0 cm³/mol. The summed E-state index contributed by atoms with van der Waals surface area (Å²) in [6, 6.07) is 8.13. The van der Waals surface area contributed by atoms with Gasteiger partial charge >= 0.3 is 0 Å². The second-order valence-corrected chi connectivity index (χ2v) is 5.52. The molecule has 86 valence electrons. The maximum absolute atomic E-state index is 11.8. The van der Waals surface area contributed by atoms with Gasteiger partial charge in [0.2, 0.25) is 5.91 Å². The lowest BCUT2D eigenvalue weighted by molar-refractivity contribution is -0.123. The van der Waals surface area contributed by atoms with Crippen molar-refractivity contribution in [2.75, 3.05) is 0 Å². The zero-order valence-electron chi connectivity index (χ0n) is 9.53. The Kier molecular flexibility index (Phi) is 3.33. The van der Waals surface area contributed by atoms with Gasteiger partial charge in [0.05, 0.1) is 6.04 Å². The highest BCUT2D eigenvalue weighted by Crippen LogP contribution is 2.38. The molecule has 0 heterocycles. The first-order valence-corrected chi connectivity index (χ1v) is 6.43. The number of carbonyl (C=O) groups excluding carboxylic acids is 1. The minimum Gasteiger partial charge on any atom is -0.349 e. The van der Waals surface area contributed by atoms with E-state index in [-0.39, 0.29) is 17.9 Å². The molecule has 1 aromatic rings. The average Bonchev–Trinajstić information content (AvgIpc) is 2.95. The minimum absolute atomic E-state index is 0.0813. The van der Waals surface area contributed by atoms with Crippen molar-refractivity contribution in [1.82, 2.24) is 5.32 Å². The summed E-state index contributed by atoms with van der Waals surface area (Å²) >= 11 is 3.43. The van der Waals surface area contributed by atoms with Gasteiger partial charge < -0.3 is 5.32 Å². The maximum atomic E-state index is 11.8. The van der Waals surface area contributed by atoms with Gasteiger partial charge in [-0.05, 0) is 37.0 Å². The molecule has 3 unspecified atom stereocenters. The van der Waals surface area contributed by atoms with Crippen LogP contribution >= 0.6 is 15.9 Å².